The monoisotopic (exact) mass is 130 g/mol. The van der Waals surface area contributed by atoms with Gasteiger partial charge in [0.25, 0.3) is 0 Å². The van der Waals surface area contributed by atoms with E-state index in [1.807, 2.05) is 5.48 Å². The van der Waals surface area contributed by atoms with Crippen molar-refractivity contribution in [3.05, 3.63) is 11.9 Å². The summed E-state index contributed by atoms with van der Waals surface area (Å²) in [7, 11) is 0. The molecule has 0 bridgehead atoms. The highest BCUT2D eigenvalue weighted by Crippen LogP contribution is 2.00. The van der Waals surface area contributed by atoms with Crippen LogP contribution in [0.25, 0.3) is 0 Å². The second kappa shape index (κ2) is 5.44. The van der Waals surface area contributed by atoms with Crippen molar-refractivity contribution in [1.29, 1.82) is 0 Å². The van der Waals surface area contributed by atoms with Gasteiger partial charge in [0.2, 0.25) is 0 Å². The van der Waals surface area contributed by atoms with Crippen molar-refractivity contribution < 1.29 is 5.21 Å². The Labute approximate surface area is 55.5 Å². The summed E-state index contributed by atoms with van der Waals surface area (Å²) in [4.78, 5) is 0. The molecule has 0 amide bonds. The molecule has 0 fully saturated rings. The molecule has 0 aliphatic carbocycles. The molecule has 0 aromatic carbocycles. The van der Waals surface area contributed by atoms with E-state index in [-0.39, 0.29) is 0 Å². The smallest absolute Gasteiger partial charge is 0.0530 e. The molecule has 0 atom stereocenters. The number of hydroxylamine groups is 1. The van der Waals surface area contributed by atoms with Gasteiger partial charge in [-0.25, -0.2) is 0 Å². The summed E-state index contributed by atoms with van der Waals surface area (Å²) in [5.74, 6) is 0. The van der Waals surface area contributed by atoms with Gasteiger partial charge in [-0.1, -0.05) is 13.3 Å². The molecule has 4 N–H and O–H groups in total. The molecule has 0 aliphatic heterocycles. The predicted molar refractivity (Wildman–Crippen MR) is 36.7 cm³/mol. The standard InChI is InChI=1S/C6H14N2O/c1-2-3-4-6(5-7)8-9/h5,8-9H,2-4,7H2,1H3. The van der Waals surface area contributed by atoms with Gasteiger partial charge >= 0.3 is 0 Å². The first-order valence-electron chi connectivity index (χ1n) is 3.16. The largest absolute Gasteiger partial charge is 0.403 e. The quantitative estimate of drug-likeness (QED) is 0.497. The molecular formula is C6H14N2O. The first-order valence-corrected chi connectivity index (χ1v) is 3.16. The maximum atomic E-state index is 8.35. The van der Waals surface area contributed by atoms with Gasteiger partial charge in [-0.15, -0.1) is 0 Å². The maximum absolute atomic E-state index is 8.35. The third kappa shape index (κ3) is 3.85. The van der Waals surface area contributed by atoms with Gasteiger partial charge in [0, 0.05) is 6.20 Å². The Balaban J connectivity index is 3.33. The van der Waals surface area contributed by atoms with Crippen LogP contribution in [0.5, 0.6) is 0 Å². The van der Waals surface area contributed by atoms with Gasteiger partial charge in [0.1, 0.15) is 0 Å². The predicted octanol–water partition coefficient (Wildman–Crippen LogP) is 0.956. The molecule has 0 aromatic rings. The molecule has 0 unspecified atom stereocenters. The van der Waals surface area contributed by atoms with Gasteiger partial charge in [-0.2, -0.15) is 0 Å². The molecule has 0 radical (unpaired) electrons. The van der Waals surface area contributed by atoms with E-state index < -0.39 is 0 Å². The van der Waals surface area contributed by atoms with Crippen molar-refractivity contribution in [2.24, 2.45) is 5.73 Å². The lowest BCUT2D eigenvalue weighted by atomic mass is 10.2. The van der Waals surface area contributed by atoms with Crippen LogP contribution in [-0.2, 0) is 0 Å². The summed E-state index contributed by atoms with van der Waals surface area (Å²) in [5, 5.41) is 8.35. The second-order valence-electron chi connectivity index (χ2n) is 1.91. The highest BCUT2D eigenvalue weighted by molar-refractivity contribution is 4.93. The highest BCUT2D eigenvalue weighted by atomic mass is 16.5. The van der Waals surface area contributed by atoms with E-state index in [0.717, 1.165) is 19.3 Å². The third-order valence-electron chi connectivity index (χ3n) is 1.14. The summed E-state index contributed by atoms with van der Waals surface area (Å²) in [6.07, 6.45) is 4.37. The first kappa shape index (κ1) is 8.30. The van der Waals surface area contributed by atoms with Crippen LogP contribution in [0.4, 0.5) is 0 Å². The van der Waals surface area contributed by atoms with E-state index in [1.165, 1.54) is 6.20 Å². The second-order valence-corrected chi connectivity index (χ2v) is 1.91. The van der Waals surface area contributed by atoms with Crippen molar-refractivity contribution in [1.82, 2.24) is 5.48 Å². The van der Waals surface area contributed by atoms with Crippen molar-refractivity contribution >= 4 is 0 Å². The van der Waals surface area contributed by atoms with Crippen LogP contribution in [0.3, 0.4) is 0 Å². The average molecular weight is 130 g/mol. The van der Waals surface area contributed by atoms with Gasteiger partial charge in [0.15, 0.2) is 0 Å². The Bertz CT molecular complexity index is 91.1. The number of rotatable bonds is 4. The summed E-state index contributed by atoms with van der Waals surface area (Å²) < 4.78 is 0. The molecule has 0 spiro atoms. The Morgan fingerprint density at radius 1 is 1.78 bits per heavy atom. The van der Waals surface area contributed by atoms with Crippen LogP contribution in [0.1, 0.15) is 26.2 Å². The normalized spacial score (nSPS) is 11.6. The van der Waals surface area contributed by atoms with Crippen LogP contribution in [0.15, 0.2) is 11.9 Å². The SMILES string of the molecule is CCCCC(=CN)NO. The molecule has 3 heteroatoms. The fourth-order valence-corrected chi connectivity index (χ4v) is 0.544. The fourth-order valence-electron chi connectivity index (χ4n) is 0.544. The molecule has 0 aliphatic rings. The Kier molecular flexibility index (Phi) is 5.01. The van der Waals surface area contributed by atoms with E-state index >= 15 is 0 Å². The van der Waals surface area contributed by atoms with Crippen molar-refractivity contribution in [2.75, 3.05) is 0 Å². The van der Waals surface area contributed by atoms with Crippen LogP contribution in [0, 0.1) is 0 Å². The van der Waals surface area contributed by atoms with E-state index in [1.54, 1.807) is 0 Å². The van der Waals surface area contributed by atoms with Crippen LogP contribution >= 0.6 is 0 Å². The topological polar surface area (TPSA) is 58.3 Å². The summed E-state index contributed by atoms with van der Waals surface area (Å²) in [6.45, 7) is 2.09. The minimum Gasteiger partial charge on any atom is -0.403 e. The van der Waals surface area contributed by atoms with Crippen molar-refractivity contribution in [3.63, 3.8) is 0 Å². The van der Waals surface area contributed by atoms with Crippen LogP contribution < -0.4 is 11.2 Å². The number of hydrogen-bond donors (Lipinski definition) is 3. The lowest BCUT2D eigenvalue weighted by Crippen LogP contribution is -2.08. The molecule has 54 valence electrons. The van der Waals surface area contributed by atoms with Gasteiger partial charge in [0.05, 0.1) is 5.70 Å². The van der Waals surface area contributed by atoms with Gasteiger partial charge < -0.3 is 5.73 Å². The zero-order valence-corrected chi connectivity index (χ0v) is 5.72. The van der Waals surface area contributed by atoms with Crippen LogP contribution in [0.2, 0.25) is 0 Å². The van der Waals surface area contributed by atoms with E-state index in [9.17, 15) is 0 Å². The molecular weight excluding hydrogens is 116 g/mol. The summed E-state index contributed by atoms with van der Waals surface area (Å²) >= 11 is 0. The van der Waals surface area contributed by atoms with Crippen molar-refractivity contribution in [2.45, 2.75) is 26.2 Å². The Hall–Kier alpha value is -0.700. The number of nitrogens with two attached hydrogens (primary N) is 1. The fraction of sp³-hybridized carbons (Fsp3) is 0.667. The third-order valence-corrected chi connectivity index (χ3v) is 1.14. The van der Waals surface area contributed by atoms with E-state index in [4.69, 9.17) is 10.9 Å². The van der Waals surface area contributed by atoms with Crippen molar-refractivity contribution in [3.8, 4) is 0 Å². The molecule has 3 nitrogen and oxygen atoms in total. The maximum Gasteiger partial charge on any atom is 0.0530 e. The zero-order chi connectivity index (χ0) is 7.11. The molecule has 0 heterocycles. The van der Waals surface area contributed by atoms with Crippen LogP contribution in [-0.4, -0.2) is 5.21 Å². The summed E-state index contributed by atoms with van der Waals surface area (Å²) in [5.41, 5.74) is 7.85. The number of allylic oxidation sites excluding steroid dienone is 1. The van der Waals surface area contributed by atoms with E-state index in [2.05, 4.69) is 6.92 Å². The lowest BCUT2D eigenvalue weighted by molar-refractivity contribution is 0.195. The highest BCUT2D eigenvalue weighted by Gasteiger charge is 1.90. The Morgan fingerprint density at radius 2 is 2.44 bits per heavy atom. The number of unbranched alkanes of at least 4 members (excludes halogenated alkanes) is 1. The summed E-state index contributed by atoms with van der Waals surface area (Å²) in [6, 6.07) is 0. The first-order chi connectivity index (χ1) is 4.35. The molecule has 0 aromatic heterocycles. The number of hydrogen-bond acceptors (Lipinski definition) is 3. The lowest BCUT2D eigenvalue weighted by Gasteiger charge is -2.00. The molecule has 0 saturated heterocycles. The minimum atomic E-state index is 0.692. The van der Waals surface area contributed by atoms with E-state index in [0.29, 0.717) is 5.70 Å². The molecule has 0 saturated carbocycles. The van der Waals surface area contributed by atoms with Gasteiger partial charge in [-0.05, 0) is 12.8 Å². The number of nitrogens with one attached hydrogen (secondary N) is 1. The van der Waals surface area contributed by atoms with Gasteiger partial charge in [-0.3, -0.25) is 10.7 Å². The molecule has 9 heavy (non-hydrogen) atoms. The zero-order valence-electron chi connectivity index (χ0n) is 5.72. The Morgan fingerprint density at radius 3 is 2.78 bits per heavy atom. The average Bonchev–Trinajstić information content (AvgIpc) is 1.91. The minimum absolute atomic E-state index is 0.692. The molecule has 0 rings (SSSR count).